The monoisotopic (exact) mass is 349 g/mol. The number of hydrogen-bond donors (Lipinski definition) is 0. The molecule has 0 bridgehead atoms. The van der Waals surface area contributed by atoms with Crippen LogP contribution in [0.4, 0.5) is 0 Å². The van der Waals surface area contributed by atoms with Crippen LogP contribution in [0.2, 0.25) is 16.6 Å². The zero-order valence-electron chi connectivity index (χ0n) is 16.5. The molecule has 136 valence electrons. The molecular weight excluding hydrogens is 314 g/mol. The topological polar surface area (TPSA) is 31.2 Å². The van der Waals surface area contributed by atoms with E-state index in [4.69, 9.17) is 4.74 Å². The van der Waals surface area contributed by atoms with Crippen molar-refractivity contribution >= 4 is 20.3 Å². The average Bonchev–Trinajstić information content (AvgIpc) is 2.94. The van der Waals surface area contributed by atoms with Gasteiger partial charge in [0.1, 0.15) is 0 Å². The van der Waals surface area contributed by atoms with Gasteiger partial charge in [-0.15, -0.1) is 0 Å². The lowest BCUT2D eigenvalue weighted by Gasteiger charge is -2.44. The molecule has 0 aliphatic carbocycles. The summed E-state index contributed by atoms with van der Waals surface area (Å²) in [6.07, 6.45) is 9.77. The van der Waals surface area contributed by atoms with Crippen LogP contribution in [0.15, 0.2) is 24.5 Å². The van der Waals surface area contributed by atoms with Crippen LogP contribution in [0.25, 0.3) is 6.08 Å². The molecular formula is C20H35NO2Si. The first-order chi connectivity index (χ1) is 11.3. The van der Waals surface area contributed by atoms with E-state index in [1.165, 1.54) is 0 Å². The minimum Gasteiger partial charge on any atom is -0.463 e. The minimum atomic E-state index is -1.70. The van der Waals surface area contributed by atoms with Crippen molar-refractivity contribution in [3.63, 3.8) is 0 Å². The van der Waals surface area contributed by atoms with Gasteiger partial charge in [0.25, 0.3) is 0 Å². The number of aromatic nitrogens is 1. The van der Waals surface area contributed by atoms with Gasteiger partial charge in [0, 0.05) is 12.3 Å². The summed E-state index contributed by atoms with van der Waals surface area (Å²) in [4.78, 5) is 11.7. The molecule has 0 saturated heterocycles. The van der Waals surface area contributed by atoms with Crippen molar-refractivity contribution < 1.29 is 9.53 Å². The molecule has 0 aliphatic heterocycles. The Morgan fingerprint density at radius 2 is 1.75 bits per heavy atom. The first-order valence-corrected chi connectivity index (χ1v) is 11.5. The number of carbonyl (C=O) groups excluding carboxylic acids is 1. The van der Waals surface area contributed by atoms with Gasteiger partial charge in [0.15, 0.2) is 8.24 Å². The molecule has 0 spiro atoms. The van der Waals surface area contributed by atoms with Gasteiger partial charge in [-0.1, -0.05) is 54.9 Å². The Bertz CT molecular complexity index is 522. The maximum absolute atomic E-state index is 11.7. The van der Waals surface area contributed by atoms with Crippen LogP contribution in [-0.4, -0.2) is 25.0 Å². The average molecular weight is 350 g/mol. The Morgan fingerprint density at radius 3 is 2.25 bits per heavy atom. The molecule has 0 atom stereocenters. The van der Waals surface area contributed by atoms with Crippen LogP contribution in [0, 0.1) is 0 Å². The largest absolute Gasteiger partial charge is 0.463 e. The Balaban J connectivity index is 2.95. The third-order valence-electron chi connectivity index (χ3n) is 5.09. The van der Waals surface area contributed by atoms with E-state index in [0.717, 1.165) is 18.4 Å². The lowest BCUT2D eigenvalue weighted by molar-refractivity contribution is -0.137. The third-order valence-corrected chi connectivity index (χ3v) is 11.8. The summed E-state index contributed by atoms with van der Waals surface area (Å²) in [5.41, 5.74) is 3.03. The summed E-state index contributed by atoms with van der Waals surface area (Å²) in [5.74, 6) is -0.253. The molecule has 1 aromatic heterocycles. The second-order valence-corrected chi connectivity index (χ2v) is 13.3. The molecule has 0 aliphatic rings. The maximum atomic E-state index is 11.7. The van der Waals surface area contributed by atoms with E-state index >= 15 is 0 Å². The van der Waals surface area contributed by atoms with Gasteiger partial charge in [-0.2, -0.15) is 0 Å². The number of hydrogen-bond acceptors (Lipinski definition) is 2. The Hall–Kier alpha value is -1.29. The van der Waals surface area contributed by atoms with Gasteiger partial charge in [-0.3, -0.25) is 0 Å². The smallest absolute Gasteiger partial charge is 0.330 e. The quantitative estimate of drug-likeness (QED) is 0.242. The highest BCUT2D eigenvalue weighted by molar-refractivity contribution is 6.82. The van der Waals surface area contributed by atoms with Crippen LogP contribution in [0.1, 0.15) is 66.9 Å². The van der Waals surface area contributed by atoms with E-state index in [-0.39, 0.29) is 5.97 Å². The van der Waals surface area contributed by atoms with E-state index in [1.807, 2.05) is 6.08 Å². The highest BCUT2D eigenvalue weighted by atomic mass is 28.3. The number of carbonyl (C=O) groups is 1. The summed E-state index contributed by atoms with van der Waals surface area (Å²) in [7, 11) is -1.70. The Morgan fingerprint density at radius 1 is 1.17 bits per heavy atom. The fourth-order valence-corrected chi connectivity index (χ4v) is 10.7. The van der Waals surface area contributed by atoms with Crippen molar-refractivity contribution in [1.82, 2.24) is 4.23 Å². The fraction of sp³-hybridized carbons (Fsp3) is 0.650. The number of ether oxygens (including phenoxy) is 1. The SMILES string of the molecule is CCCCOC(=O)/C=C/c1ccn([Si](C(C)C)(C(C)C)C(C)C)c1. The van der Waals surface area contributed by atoms with Gasteiger partial charge in [-0.05, 0) is 46.9 Å². The predicted octanol–water partition coefficient (Wildman–Crippen LogP) is 5.87. The molecule has 1 aromatic rings. The third kappa shape index (κ3) is 4.62. The molecule has 1 heterocycles. The van der Waals surface area contributed by atoms with E-state index < -0.39 is 8.24 Å². The molecule has 0 unspecified atom stereocenters. The molecule has 0 radical (unpaired) electrons. The maximum Gasteiger partial charge on any atom is 0.330 e. The van der Waals surface area contributed by atoms with E-state index in [0.29, 0.717) is 23.2 Å². The molecule has 0 amide bonds. The van der Waals surface area contributed by atoms with Gasteiger partial charge in [-0.25, -0.2) is 4.79 Å². The fourth-order valence-electron chi connectivity index (χ4n) is 4.18. The lowest BCUT2D eigenvalue weighted by atomic mass is 10.3. The molecule has 3 nitrogen and oxygen atoms in total. The first-order valence-electron chi connectivity index (χ1n) is 9.30. The summed E-state index contributed by atoms with van der Waals surface area (Å²) in [6, 6.07) is 2.10. The van der Waals surface area contributed by atoms with Crippen molar-refractivity contribution in [3.05, 3.63) is 30.1 Å². The van der Waals surface area contributed by atoms with Crippen LogP contribution >= 0.6 is 0 Å². The van der Waals surface area contributed by atoms with Crippen molar-refractivity contribution in [3.8, 4) is 0 Å². The molecule has 4 heteroatoms. The second kappa shape index (κ2) is 9.26. The van der Waals surface area contributed by atoms with E-state index in [2.05, 4.69) is 71.2 Å². The van der Waals surface area contributed by atoms with Crippen molar-refractivity contribution in [2.75, 3.05) is 6.61 Å². The molecule has 1 rings (SSSR count). The number of rotatable bonds is 9. The first kappa shape index (κ1) is 20.8. The zero-order valence-corrected chi connectivity index (χ0v) is 17.5. The zero-order chi connectivity index (χ0) is 18.3. The predicted molar refractivity (Wildman–Crippen MR) is 106 cm³/mol. The standard InChI is InChI=1S/C20H35NO2Si/c1-8-9-14-23-20(22)11-10-19-12-13-21(15-19)24(16(2)3,17(4)5)18(6)7/h10-13,15-18H,8-9,14H2,1-7H3/b11-10+. The number of esters is 1. The number of nitrogens with zero attached hydrogens (tertiary/aromatic N) is 1. The van der Waals surface area contributed by atoms with Gasteiger partial charge in [0.05, 0.1) is 6.61 Å². The second-order valence-electron chi connectivity index (χ2n) is 7.56. The van der Waals surface area contributed by atoms with Crippen molar-refractivity contribution in [1.29, 1.82) is 0 Å². The highest BCUT2D eigenvalue weighted by Crippen LogP contribution is 2.42. The van der Waals surface area contributed by atoms with Gasteiger partial charge in [0.2, 0.25) is 0 Å². The normalized spacial score (nSPS) is 12.8. The summed E-state index contributed by atoms with van der Waals surface area (Å²) in [6.45, 7) is 16.7. The summed E-state index contributed by atoms with van der Waals surface area (Å²) in [5, 5.41) is 0. The molecule has 0 aromatic carbocycles. The lowest BCUT2D eigenvalue weighted by Crippen LogP contribution is -2.51. The van der Waals surface area contributed by atoms with Crippen LogP contribution < -0.4 is 0 Å². The van der Waals surface area contributed by atoms with Crippen molar-refractivity contribution in [2.24, 2.45) is 0 Å². The molecule has 0 saturated carbocycles. The highest BCUT2D eigenvalue weighted by Gasteiger charge is 2.44. The van der Waals surface area contributed by atoms with Gasteiger partial charge < -0.3 is 8.97 Å². The Labute approximate surface area is 149 Å². The number of unbranched alkanes of at least 4 members (excludes halogenated alkanes) is 1. The van der Waals surface area contributed by atoms with Crippen LogP contribution in [0.5, 0.6) is 0 Å². The molecule has 0 fully saturated rings. The molecule has 24 heavy (non-hydrogen) atoms. The Kier molecular flexibility index (Phi) is 8.00. The summed E-state index contributed by atoms with van der Waals surface area (Å²) >= 11 is 0. The van der Waals surface area contributed by atoms with E-state index in [9.17, 15) is 4.79 Å². The van der Waals surface area contributed by atoms with Crippen LogP contribution in [-0.2, 0) is 9.53 Å². The molecule has 0 N–H and O–H groups in total. The minimum absolute atomic E-state index is 0.253. The van der Waals surface area contributed by atoms with Gasteiger partial charge >= 0.3 is 5.97 Å². The summed E-state index contributed by atoms with van der Waals surface area (Å²) < 4.78 is 7.65. The van der Waals surface area contributed by atoms with Crippen LogP contribution in [0.3, 0.4) is 0 Å². The van der Waals surface area contributed by atoms with Crippen molar-refractivity contribution in [2.45, 2.75) is 77.9 Å². The van der Waals surface area contributed by atoms with E-state index in [1.54, 1.807) is 6.08 Å².